The quantitative estimate of drug-likeness (QED) is 0.457. The molecule has 0 spiro atoms. The molecule has 9 nitrogen and oxygen atoms in total. The highest BCUT2D eigenvalue weighted by Crippen LogP contribution is 2.39. The van der Waals surface area contributed by atoms with Gasteiger partial charge in [0.05, 0.1) is 22.0 Å². The molecule has 0 aliphatic carbocycles. The van der Waals surface area contributed by atoms with Crippen molar-refractivity contribution in [2.45, 2.75) is 11.8 Å². The molecule has 0 radical (unpaired) electrons. The van der Waals surface area contributed by atoms with Gasteiger partial charge in [0.1, 0.15) is 10.7 Å². The number of nitro benzene ring substituents is 2. The summed E-state index contributed by atoms with van der Waals surface area (Å²) in [5, 5.41) is 21.9. The Kier molecular flexibility index (Phi) is 4.46. The van der Waals surface area contributed by atoms with Crippen LogP contribution in [0.1, 0.15) is 5.56 Å². The second kappa shape index (κ2) is 6.20. The Morgan fingerprint density at radius 2 is 1.46 bits per heavy atom. The van der Waals surface area contributed by atoms with Crippen LogP contribution in [0.15, 0.2) is 41.3 Å². The Bertz CT molecular complexity index is 891. The second-order valence-corrected chi connectivity index (χ2v) is 6.18. The standard InChI is InChI=1S/C13H9FN2O7S/c1-8-2-4-10(5-3-8)24(21,22)23-13-11(15(17)18)6-9(14)7-12(13)16(19)20/h2-7H,1H3. The summed E-state index contributed by atoms with van der Waals surface area (Å²) in [7, 11) is -4.59. The van der Waals surface area contributed by atoms with E-state index in [0.717, 1.165) is 5.56 Å². The van der Waals surface area contributed by atoms with Crippen molar-refractivity contribution >= 4 is 21.5 Å². The zero-order valence-electron chi connectivity index (χ0n) is 12.0. The van der Waals surface area contributed by atoms with Crippen LogP contribution in [0.25, 0.3) is 0 Å². The molecule has 0 unspecified atom stereocenters. The van der Waals surface area contributed by atoms with E-state index in [4.69, 9.17) is 0 Å². The Morgan fingerprint density at radius 1 is 1.00 bits per heavy atom. The van der Waals surface area contributed by atoms with E-state index in [2.05, 4.69) is 4.18 Å². The van der Waals surface area contributed by atoms with Crippen molar-refractivity contribution in [3.63, 3.8) is 0 Å². The van der Waals surface area contributed by atoms with Crippen LogP contribution in [0.5, 0.6) is 5.75 Å². The molecule has 0 aliphatic heterocycles. The molecular formula is C13H9FN2O7S. The van der Waals surface area contributed by atoms with Crippen molar-refractivity contribution in [1.82, 2.24) is 0 Å². The molecule has 0 saturated heterocycles. The molecule has 0 amide bonds. The number of hydrogen-bond acceptors (Lipinski definition) is 7. The number of benzene rings is 2. The van der Waals surface area contributed by atoms with Crippen LogP contribution in [-0.2, 0) is 10.1 Å². The molecule has 24 heavy (non-hydrogen) atoms. The van der Waals surface area contributed by atoms with Gasteiger partial charge in [-0.05, 0) is 19.1 Å². The molecule has 11 heteroatoms. The van der Waals surface area contributed by atoms with Gasteiger partial charge in [-0.25, -0.2) is 4.39 Å². The lowest BCUT2D eigenvalue weighted by atomic mass is 10.2. The van der Waals surface area contributed by atoms with E-state index in [1.807, 2.05) is 0 Å². The summed E-state index contributed by atoms with van der Waals surface area (Å²) in [6, 6.07) is 5.92. The highest BCUT2D eigenvalue weighted by Gasteiger charge is 2.33. The predicted molar refractivity (Wildman–Crippen MR) is 78.7 cm³/mol. The number of halogens is 1. The summed E-state index contributed by atoms with van der Waals surface area (Å²) in [4.78, 5) is 19.2. The lowest BCUT2D eigenvalue weighted by Crippen LogP contribution is -2.12. The molecule has 2 aromatic rings. The van der Waals surface area contributed by atoms with Crippen LogP contribution in [0, 0.1) is 33.0 Å². The third kappa shape index (κ3) is 3.46. The fourth-order valence-electron chi connectivity index (χ4n) is 1.78. The van der Waals surface area contributed by atoms with Gasteiger partial charge in [-0.15, -0.1) is 0 Å². The van der Waals surface area contributed by atoms with E-state index >= 15 is 0 Å². The monoisotopic (exact) mass is 356 g/mol. The van der Waals surface area contributed by atoms with Crippen LogP contribution < -0.4 is 4.18 Å². The molecular weight excluding hydrogens is 347 g/mol. The van der Waals surface area contributed by atoms with Crippen LogP contribution in [0.4, 0.5) is 15.8 Å². The molecule has 126 valence electrons. The average Bonchev–Trinajstić information content (AvgIpc) is 2.48. The summed E-state index contributed by atoms with van der Waals surface area (Å²) >= 11 is 0. The molecule has 0 aromatic heterocycles. The fraction of sp³-hybridized carbons (Fsp3) is 0.0769. The molecule has 0 bridgehead atoms. The van der Waals surface area contributed by atoms with Crippen LogP contribution in [-0.4, -0.2) is 18.3 Å². The highest BCUT2D eigenvalue weighted by atomic mass is 32.2. The molecule has 0 atom stereocenters. The maximum absolute atomic E-state index is 13.3. The van der Waals surface area contributed by atoms with Crippen LogP contribution in [0.2, 0.25) is 0 Å². The van der Waals surface area contributed by atoms with Crippen molar-refractivity contribution in [3.8, 4) is 5.75 Å². The number of rotatable bonds is 5. The maximum Gasteiger partial charge on any atom is 0.339 e. The zero-order chi connectivity index (χ0) is 18.1. The fourth-order valence-corrected chi connectivity index (χ4v) is 2.74. The van der Waals surface area contributed by atoms with E-state index in [9.17, 15) is 33.0 Å². The van der Waals surface area contributed by atoms with Gasteiger partial charge in [-0.3, -0.25) is 20.2 Å². The molecule has 0 fully saturated rings. The summed E-state index contributed by atoms with van der Waals surface area (Å²) in [5.74, 6) is -2.43. The predicted octanol–water partition coefficient (Wildman–Crippen LogP) is 2.72. The number of nitro groups is 2. The van der Waals surface area contributed by atoms with Crippen LogP contribution in [0.3, 0.4) is 0 Å². The summed E-state index contributed by atoms with van der Waals surface area (Å²) in [6.07, 6.45) is 0. The smallest absolute Gasteiger partial charge is 0.339 e. The van der Waals surface area contributed by atoms with Gasteiger partial charge in [0, 0.05) is 0 Å². The number of aryl methyl sites for hydroxylation is 1. The molecule has 2 aromatic carbocycles. The van der Waals surface area contributed by atoms with E-state index < -0.39 is 42.9 Å². The van der Waals surface area contributed by atoms with E-state index in [-0.39, 0.29) is 4.90 Å². The summed E-state index contributed by atoms with van der Waals surface area (Å²) in [5.41, 5.74) is -1.59. The summed E-state index contributed by atoms with van der Waals surface area (Å²) < 4.78 is 42.3. The van der Waals surface area contributed by atoms with Crippen molar-refractivity contribution in [1.29, 1.82) is 0 Å². The van der Waals surface area contributed by atoms with Crippen molar-refractivity contribution in [2.24, 2.45) is 0 Å². The Balaban J connectivity index is 2.61. The van der Waals surface area contributed by atoms with Gasteiger partial charge < -0.3 is 4.18 Å². The topological polar surface area (TPSA) is 130 Å². The molecule has 0 heterocycles. The second-order valence-electron chi connectivity index (χ2n) is 4.64. The minimum atomic E-state index is -4.59. The van der Waals surface area contributed by atoms with Gasteiger partial charge in [0.25, 0.3) is 5.75 Å². The van der Waals surface area contributed by atoms with E-state index in [1.54, 1.807) is 6.92 Å². The van der Waals surface area contributed by atoms with Gasteiger partial charge in [-0.1, -0.05) is 17.7 Å². The molecule has 0 saturated carbocycles. The normalized spacial score (nSPS) is 11.1. The van der Waals surface area contributed by atoms with Gasteiger partial charge in [0.15, 0.2) is 0 Å². The first-order valence-electron chi connectivity index (χ1n) is 6.25. The maximum atomic E-state index is 13.3. The molecule has 0 N–H and O–H groups in total. The van der Waals surface area contributed by atoms with Crippen molar-refractivity contribution < 1.29 is 26.8 Å². The zero-order valence-corrected chi connectivity index (χ0v) is 12.8. The lowest BCUT2D eigenvalue weighted by molar-refractivity contribution is -0.395. The van der Waals surface area contributed by atoms with Gasteiger partial charge in [-0.2, -0.15) is 8.42 Å². The minimum Gasteiger partial charge on any atom is -0.364 e. The van der Waals surface area contributed by atoms with Gasteiger partial charge >= 0.3 is 21.5 Å². The highest BCUT2D eigenvalue weighted by molar-refractivity contribution is 7.87. The molecule has 0 aliphatic rings. The largest absolute Gasteiger partial charge is 0.364 e. The Morgan fingerprint density at radius 3 is 1.88 bits per heavy atom. The van der Waals surface area contributed by atoms with E-state index in [0.29, 0.717) is 12.1 Å². The molecule has 2 rings (SSSR count). The first-order valence-corrected chi connectivity index (χ1v) is 7.66. The Labute approximate surface area is 134 Å². The third-order valence-electron chi connectivity index (χ3n) is 2.91. The Hall–Kier alpha value is -3.08. The first kappa shape index (κ1) is 17.3. The minimum absolute atomic E-state index is 0.340. The van der Waals surface area contributed by atoms with Crippen molar-refractivity contribution in [3.05, 3.63) is 68.0 Å². The third-order valence-corrected chi connectivity index (χ3v) is 4.15. The van der Waals surface area contributed by atoms with Crippen LogP contribution >= 0.6 is 0 Å². The SMILES string of the molecule is Cc1ccc(S(=O)(=O)Oc2c([N+](=O)[O-])cc(F)cc2[N+](=O)[O-])cc1. The lowest BCUT2D eigenvalue weighted by Gasteiger charge is -2.08. The summed E-state index contributed by atoms with van der Waals surface area (Å²) in [6.45, 7) is 1.70. The van der Waals surface area contributed by atoms with E-state index in [1.165, 1.54) is 24.3 Å². The number of hydrogen-bond donors (Lipinski definition) is 0. The average molecular weight is 356 g/mol. The number of nitrogens with zero attached hydrogens (tertiary/aromatic N) is 2. The van der Waals surface area contributed by atoms with Crippen molar-refractivity contribution in [2.75, 3.05) is 0 Å². The van der Waals surface area contributed by atoms with Gasteiger partial charge in [0.2, 0.25) is 0 Å². The first-order chi connectivity index (χ1) is 11.1.